The van der Waals surface area contributed by atoms with Crippen molar-refractivity contribution in [1.82, 2.24) is 10.6 Å². The molecule has 0 aliphatic rings. The van der Waals surface area contributed by atoms with Crippen LogP contribution in [0.5, 0.6) is 28.7 Å². The van der Waals surface area contributed by atoms with Crippen LogP contribution in [-0.4, -0.2) is 58.9 Å². The number of benzene rings is 3. The average molecular weight is 631 g/mol. The summed E-state index contributed by atoms with van der Waals surface area (Å²) in [6, 6.07) is 18.1. The van der Waals surface area contributed by atoms with E-state index in [-0.39, 0.29) is 11.8 Å². The average Bonchev–Trinajstić information content (AvgIpc) is 3.04. The molecule has 0 aromatic heterocycles. The van der Waals surface area contributed by atoms with Crippen molar-refractivity contribution in [2.24, 2.45) is 0 Å². The van der Waals surface area contributed by atoms with E-state index in [9.17, 15) is 9.59 Å². The number of allylic oxidation sites excluding steroid dienone is 2. The van der Waals surface area contributed by atoms with E-state index >= 15 is 0 Å². The van der Waals surface area contributed by atoms with Crippen molar-refractivity contribution in [3.63, 3.8) is 0 Å². The molecule has 3 aromatic carbocycles. The third-order valence-corrected chi connectivity index (χ3v) is 6.82. The molecule has 2 amide bonds. The van der Waals surface area contributed by atoms with Gasteiger partial charge in [-0.05, 0) is 94.7 Å². The molecule has 0 fully saturated rings. The van der Waals surface area contributed by atoms with Crippen molar-refractivity contribution in [3.05, 3.63) is 101 Å². The molecule has 3 aromatic rings. The molecule has 0 radical (unpaired) electrons. The zero-order chi connectivity index (χ0) is 33.3. The SMILES string of the molecule is COc1ccc(C(=O)NCCCOc2ccc(CCNC(=O)c3ccc(OCC=C(C)C)cc3OC)cc2)c(OCC=C(C)C)c1. The van der Waals surface area contributed by atoms with Gasteiger partial charge in [0.1, 0.15) is 42.0 Å². The first-order chi connectivity index (χ1) is 22.2. The second-order valence-corrected chi connectivity index (χ2v) is 11.0. The second kappa shape index (κ2) is 18.8. The van der Waals surface area contributed by atoms with Gasteiger partial charge in [0, 0.05) is 25.2 Å². The fraction of sp³-hybridized carbons (Fsp3) is 0.351. The summed E-state index contributed by atoms with van der Waals surface area (Å²) in [5, 5.41) is 5.89. The molecule has 0 bridgehead atoms. The van der Waals surface area contributed by atoms with Gasteiger partial charge in [-0.15, -0.1) is 0 Å². The first-order valence-corrected chi connectivity index (χ1v) is 15.4. The van der Waals surface area contributed by atoms with Crippen LogP contribution in [0.1, 0.15) is 60.4 Å². The van der Waals surface area contributed by atoms with Gasteiger partial charge in [-0.25, -0.2) is 0 Å². The molecule has 3 rings (SSSR count). The minimum Gasteiger partial charge on any atom is -0.497 e. The summed E-state index contributed by atoms with van der Waals surface area (Å²) >= 11 is 0. The Hall–Kier alpha value is -4.92. The van der Waals surface area contributed by atoms with Crippen LogP contribution in [0.15, 0.2) is 84.0 Å². The first-order valence-electron chi connectivity index (χ1n) is 15.4. The number of rotatable bonds is 18. The number of hydrogen-bond acceptors (Lipinski definition) is 7. The molecule has 9 nitrogen and oxygen atoms in total. The maximum Gasteiger partial charge on any atom is 0.255 e. The summed E-state index contributed by atoms with van der Waals surface area (Å²) in [4.78, 5) is 25.6. The monoisotopic (exact) mass is 630 g/mol. The molecule has 0 aliphatic heterocycles. The van der Waals surface area contributed by atoms with E-state index in [4.69, 9.17) is 23.7 Å². The Labute approximate surface area is 272 Å². The lowest BCUT2D eigenvalue weighted by molar-refractivity contribution is 0.0940. The van der Waals surface area contributed by atoms with Crippen LogP contribution in [0.25, 0.3) is 0 Å². The number of carbonyl (C=O) groups excluding carboxylic acids is 2. The van der Waals surface area contributed by atoms with E-state index in [0.717, 1.165) is 16.9 Å². The number of carbonyl (C=O) groups is 2. The number of nitrogens with one attached hydrogen (secondary N) is 2. The van der Waals surface area contributed by atoms with Crippen molar-refractivity contribution >= 4 is 11.8 Å². The number of methoxy groups -OCH3 is 2. The molecule has 0 saturated carbocycles. The van der Waals surface area contributed by atoms with E-state index in [1.807, 2.05) is 64.1 Å². The highest BCUT2D eigenvalue weighted by Crippen LogP contribution is 2.26. The molecule has 9 heteroatoms. The first kappa shape index (κ1) is 35.6. The summed E-state index contributed by atoms with van der Waals surface area (Å²) in [6.45, 7) is 10.2. The smallest absolute Gasteiger partial charge is 0.255 e. The Morgan fingerprint density at radius 3 is 1.83 bits per heavy atom. The van der Waals surface area contributed by atoms with Crippen molar-refractivity contribution in [3.8, 4) is 28.7 Å². The summed E-state index contributed by atoms with van der Waals surface area (Å²) in [5.41, 5.74) is 4.28. The van der Waals surface area contributed by atoms with Crippen LogP contribution in [0.2, 0.25) is 0 Å². The van der Waals surface area contributed by atoms with Crippen LogP contribution in [-0.2, 0) is 6.42 Å². The van der Waals surface area contributed by atoms with Crippen molar-refractivity contribution in [1.29, 1.82) is 0 Å². The molecule has 2 N–H and O–H groups in total. The third-order valence-electron chi connectivity index (χ3n) is 6.82. The molecule has 0 aliphatic carbocycles. The van der Waals surface area contributed by atoms with Crippen LogP contribution < -0.4 is 34.3 Å². The van der Waals surface area contributed by atoms with Gasteiger partial charge in [-0.1, -0.05) is 23.3 Å². The molecule has 0 heterocycles. The lowest BCUT2D eigenvalue weighted by Gasteiger charge is -2.13. The minimum atomic E-state index is -0.217. The summed E-state index contributed by atoms with van der Waals surface area (Å²) < 4.78 is 28.1. The number of amides is 2. The fourth-order valence-corrected chi connectivity index (χ4v) is 4.22. The molecule has 0 spiro atoms. The Balaban J connectivity index is 1.39. The van der Waals surface area contributed by atoms with Crippen LogP contribution in [0.4, 0.5) is 0 Å². The zero-order valence-electron chi connectivity index (χ0n) is 27.7. The fourth-order valence-electron chi connectivity index (χ4n) is 4.22. The highest BCUT2D eigenvalue weighted by molar-refractivity contribution is 5.97. The third kappa shape index (κ3) is 11.9. The summed E-state index contributed by atoms with van der Waals surface area (Å²) in [5.74, 6) is 2.51. The summed E-state index contributed by atoms with van der Waals surface area (Å²) in [7, 11) is 3.11. The lowest BCUT2D eigenvalue weighted by Crippen LogP contribution is -2.26. The van der Waals surface area contributed by atoms with Crippen LogP contribution in [0.3, 0.4) is 0 Å². The molecule has 0 saturated heterocycles. The molecular weight excluding hydrogens is 584 g/mol. The van der Waals surface area contributed by atoms with Gasteiger partial charge in [0.15, 0.2) is 0 Å². The van der Waals surface area contributed by atoms with Gasteiger partial charge in [0.2, 0.25) is 0 Å². The Morgan fingerprint density at radius 1 is 0.630 bits per heavy atom. The van der Waals surface area contributed by atoms with E-state index < -0.39 is 0 Å². The lowest BCUT2D eigenvalue weighted by atomic mass is 10.1. The number of hydrogen-bond donors (Lipinski definition) is 2. The Bertz CT molecular complexity index is 1490. The number of ether oxygens (including phenoxy) is 5. The predicted octanol–water partition coefficient (Wildman–Crippen LogP) is 6.57. The van der Waals surface area contributed by atoms with Crippen molar-refractivity contribution in [2.75, 3.05) is 47.1 Å². The Morgan fingerprint density at radius 2 is 1.20 bits per heavy atom. The molecule has 46 heavy (non-hydrogen) atoms. The zero-order valence-corrected chi connectivity index (χ0v) is 27.7. The maximum absolute atomic E-state index is 12.8. The van der Waals surface area contributed by atoms with Gasteiger partial charge >= 0.3 is 0 Å². The minimum absolute atomic E-state index is 0.209. The second-order valence-electron chi connectivity index (χ2n) is 11.0. The van der Waals surface area contributed by atoms with Crippen LogP contribution >= 0.6 is 0 Å². The predicted molar refractivity (Wildman–Crippen MR) is 181 cm³/mol. The van der Waals surface area contributed by atoms with Crippen LogP contribution in [0, 0.1) is 0 Å². The molecular formula is C37H46N2O7. The van der Waals surface area contributed by atoms with E-state index in [0.29, 0.717) is 79.9 Å². The topological polar surface area (TPSA) is 104 Å². The quantitative estimate of drug-likeness (QED) is 0.121. The van der Waals surface area contributed by atoms with Gasteiger partial charge < -0.3 is 34.3 Å². The standard InChI is InChI=1S/C37H46N2O7/c1-26(2)17-22-45-31-13-15-32(34(25-31)43-6)36(40)39-20-16-28-8-10-29(11-9-28)44-21-7-19-38-37(41)33-14-12-30(42-5)24-35(33)46-23-18-27(3)4/h8-15,17-18,24-25H,7,16,19-23H2,1-6H3,(H,38,41)(H,39,40). The molecule has 0 unspecified atom stereocenters. The summed E-state index contributed by atoms with van der Waals surface area (Å²) in [6.07, 6.45) is 5.23. The van der Waals surface area contributed by atoms with Gasteiger partial charge in [-0.3, -0.25) is 9.59 Å². The maximum atomic E-state index is 12.8. The van der Waals surface area contributed by atoms with Crippen molar-refractivity contribution in [2.45, 2.75) is 40.5 Å². The van der Waals surface area contributed by atoms with Gasteiger partial charge in [-0.2, -0.15) is 0 Å². The Kier molecular flexibility index (Phi) is 14.5. The van der Waals surface area contributed by atoms with E-state index in [1.54, 1.807) is 43.5 Å². The molecule has 246 valence electrons. The van der Waals surface area contributed by atoms with E-state index in [2.05, 4.69) is 10.6 Å². The highest BCUT2D eigenvalue weighted by atomic mass is 16.5. The largest absolute Gasteiger partial charge is 0.497 e. The van der Waals surface area contributed by atoms with E-state index in [1.165, 1.54) is 12.7 Å². The molecule has 0 atom stereocenters. The normalized spacial score (nSPS) is 10.3. The van der Waals surface area contributed by atoms with Gasteiger partial charge in [0.05, 0.1) is 32.0 Å². The van der Waals surface area contributed by atoms with Gasteiger partial charge in [0.25, 0.3) is 11.8 Å². The highest BCUT2D eigenvalue weighted by Gasteiger charge is 2.15. The van der Waals surface area contributed by atoms with Crippen molar-refractivity contribution < 1.29 is 33.3 Å².